The largest absolute Gasteiger partial charge is 0.497 e. The molecule has 188 valence electrons. The van der Waals surface area contributed by atoms with Crippen molar-refractivity contribution in [2.75, 3.05) is 52.3 Å². The molecule has 0 radical (unpaired) electrons. The van der Waals surface area contributed by atoms with Crippen LogP contribution in [0, 0.1) is 11.3 Å². The zero-order valence-corrected chi connectivity index (χ0v) is 21.3. The summed E-state index contributed by atoms with van der Waals surface area (Å²) in [6.45, 7) is 3.11. The van der Waals surface area contributed by atoms with Crippen LogP contribution in [0.2, 0.25) is 0 Å². The van der Waals surface area contributed by atoms with Gasteiger partial charge in [0.25, 0.3) is 5.91 Å². The van der Waals surface area contributed by atoms with Crippen molar-refractivity contribution in [3.8, 4) is 17.6 Å². The van der Waals surface area contributed by atoms with Gasteiger partial charge in [-0.15, -0.1) is 11.3 Å². The number of nitriles is 1. The predicted octanol–water partition coefficient (Wildman–Crippen LogP) is 4.14. The van der Waals surface area contributed by atoms with Gasteiger partial charge < -0.3 is 19.7 Å². The molecule has 2 aromatic heterocycles. The fourth-order valence-corrected chi connectivity index (χ4v) is 4.74. The maximum Gasteiger partial charge on any atom is 0.273 e. The fraction of sp³-hybridized carbons (Fsp3) is 0.385. The molecule has 1 amide bonds. The van der Waals surface area contributed by atoms with Gasteiger partial charge in [-0.05, 0) is 62.3 Å². The number of ether oxygens (including phenoxy) is 2. The first-order valence-corrected chi connectivity index (χ1v) is 12.7. The summed E-state index contributed by atoms with van der Waals surface area (Å²) in [6, 6.07) is 15.5. The molecule has 10 heteroatoms. The number of hydrogen-bond acceptors (Lipinski definition) is 9. The number of nitrogens with zero attached hydrogens (tertiary/aromatic N) is 5. The van der Waals surface area contributed by atoms with Crippen molar-refractivity contribution in [3.63, 3.8) is 0 Å². The van der Waals surface area contributed by atoms with Crippen LogP contribution >= 0.6 is 11.3 Å². The first kappa shape index (κ1) is 25.4. The van der Waals surface area contributed by atoms with Crippen molar-refractivity contribution in [1.82, 2.24) is 19.8 Å². The van der Waals surface area contributed by atoms with E-state index in [0.29, 0.717) is 42.3 Å². The van der Waals surface area contributed by atoms with Gasteiger partial charge >= 0.3 is 0 Å². The van der Waals surface area contributed by atoms with Crippen LogP contribution in [0.15, 0.2) is 47.8 Å². The average Bonchev–Trinajstić information content (AvgIpc) is 3.37. The Morgan fingerprint density at radius 1 is 1.19 bits per heavy atom. The number of nitrogens with one attached hydrogen (secondary N) is 1. The number of pyridine rings is 1. The number of hydrogen-bond donors (Lipinski definition) is 1. The molecule has 1 aliphatic rings. The fourth-order valence-electron chi connectivity index (χ4n) is 4.04. The lowest BCUT2D eigenvalue weighted by Gasteiger charge is -2.29. The number of thiazole rings is 1. The summed E-state index contributed by atoms with van der Waals surface area (Å²) in [6.07, 6.45) is 1.98. The first-order chi connectivity index (χ1) is 17.6. The van der Waals surface area contributed by atoms with E-state index >= 15 is 0 Å². The molecular weight excluding hydrogens is 476 g/mol. The Morgan fingerprint density at radius 2 is 1.94 bits per heavy atom. The molecule has 0 saturated carbocycles. The molecule has 3 heterocycles. The van der Waals surface area contributed by atoms with E-state index in [0.717, 1.165) is 43.1 Å². The summed E-state index contributed by atoms with van der Waals surface area (Å²) < 4.78 is 10.9. The van der Waals surface area contributed by atoms with Gasteiger partial charge in [0, 0.05) is 24.0 Å². The molecule has 1 fully saturated rings. The van der Waals surface area contributed by atoms with Crippen molar-refractivity contribution in [2.24, 2.45) is 0 Å². The lowest BCUT2D eigenvalue weighted by molar-refractivity contribution is 0.0769. The third-order valence-corrected chi connectivity index (χ3v) is 6.89. The minimum atomic E-state index is -0.163. The van der Waals surface area contributed by atoms with E-state index in [1.807, 2.05) is 36.4 Å². The number of carbonyl (C=O) groups is 1. The second-order valence-electron chi connectivity index (χ2n) is 8.57. The van der Waals surface area contributed by atoms with Crippen molar-refractivity contribution >= 4 is 28.2 Å². The number of aromatic nitrogens is 2. The minimum absolute atomic E-state index is 0.163. The third kappa shape index (κ3) is 6.71. The topological polar surface area (TPSA) is 104 Å². The molecule has 0 bridgehead atoms. The number of rotatable bonds is 10. The number of benzene rings is 1. The monoisotopic (exact) mass is 506 g/mol. The minimum Gasteiger partial charge on any atom is -0.497 e. The molecule has 3 aromatic rings. The van der Waals surface area contributed by atoms with Crippen LogP contribution in [0.25, 0.3) is 0 Å². The van der Waals surface area contributed by atoms with E-state index in [2.05, 4.69) is 27.3 Å². The first-order valence-electron chi connectivity index (χ1n) is 11.9. The second-order valence-corrected chi connectivity index (χ2v) is 9.43. The van der Waals surface area contributed by atoms with Gasteiger partial charge in [-0.1, -0.05) is 6.07 Å². The van der Waals surface area contributed by atoms with E-state index in [-0.39, 0.29) is 5.91 Å². The van der Waals surface area contributed by atoms with Crippen molar-refractivity contribution < 1.29 is 14.3 Å². The standard InChI is InChI=1S/C26H30N6O3S/c1-31(16-17-35-21-8-6-20(34-2)7-9-21)25(33)23-18-36-26(29-23)30-24-5-3-4-22(28-24)19-10-13-32(14-11-19)15-12-27/h3-9,18-19H,10-11,13-17H2,1-2H3,(H,28,29,30). The molecule has 4 rings (SSSR count). The third-order valence-electron chi connectivity index (χ3n) is 6.13. The van der Waals surface area contributed by atoms with Crippen molar-refractivity contribution in [1.29, 1.82) is 5.26 Å². The number of likely N-dealkylation sites (tertiary alicyclic amines) is 1. The highest BCUT2D eigenvalue weighted by atomic mass is 32.1. The lowest BCUT2D eigenvalue weighted by atomic mass is 9.93. The molecule has 9 nitrogen and oxygen atoms in total. The van der Waals surface area contributed by atoms with Crippen LogP contribution in [0.5, 0.6) is 11.5 Å². The zero-order chi connectivity index (χ0) is 25.3. The Hall–Kier alpha value is -3.68. The molecule has 0 atom stereocenters. The molecule has 0 aliphatic carbocycles. The maximum atomic E-state index is 12.8. The molecular formula is C26H30N6O3S. The molecule has 1 saturated heterocycles. The van der Waals surface area contributed by atoms with E-state index in [1.54, 1.807) is 24.4 Å². The van der Waals surface area contributed by atoms with Crippen LogP contribution in [0.1, 0.15) is 34.9 Å². The van der Waals surface area contributed by atoms with Crippen LogP contribution in [0.4, 0.5) is 10.9 Å². The smallest absolute Gasteiger partial charge is 0.273 e. The van der Waals surface area contributed by atoms with Gasteiger partial charge in [0.2, 0.25) is 0 Å². The molecule has 0 unspecified atom stereocenters. The molecule has 1 aromatic carbocycles. The summed E-state index contributed by atoms with van der Waals surface area (Å²) in [7, 11) is 3.35. The Balaban J connectivity index is 1.28. The Kier molecular flexibility index (Phi) is 8.71. The Bertz CT molecular complexity index is 1180. The quantitative estimate of drug-likeness (QED) is 0.409. The lowest BCUT2D eigenvalue weighted by Crippen LogP contribution is -2.33. The van der Waals surface area contributed by atoms with Crippen molar-refractivity contribution in [3.05, 3.63) is 59.2 Å². The summed E-state index contributed by atoms with van der Waals surface area (Å²) in [5, 5.41) is 14.5. The number of anilines is 2. The summed E-state index contributed by atoms with van der Waals surface area (Å²) in [5.41, 5.74) is 1.43. The zero-order valence-electron chi connectivity index (χ0n) is 20.5. The van der Waals surface area contributed by atoms with E-state index < -0.39 is 0 Å². The average molecular weight is 507 g/mol. The second kappa shape index (κ2) is 12.3. The number of carbonyl (C=O) groups excluding carboxylic acids is 1. The number of piperidine rings is 1. The van der Waals surface area contributed by atoms with Gasteiger partial charge in [0.05, 0.1) is 26.3 Å². The summed E-state index contributed by atoms with van der Waals surface area (Å²) in [4.78, 5) is 25.8. The van der Waals surface area contributed by atoms with Gasteiger partial charge in [-0.25, -0.2) is 9.97 Å². The van der Waals surface area contributed by atoms with Crippen LogP contribution in [-0.2, 0) is 0 Å². The highest BCUT2D eigenvalue weighted by Crippen LogP contribution is 2.28. The normalized spacial score (nSPS) is 14.1. The summed E-state index contributed by atoms with van der Waals surface area (Å²) in [5.74, 6) is 2.41. The Labute approximate surface area is 215 Å². The summed E-state index contributed by atoms with van der Waals surface area (Å²) >= 11 is 1.37. The Morgan fingerprint density at radius 3 is 2.67 bits per heavy atom. The molecule has 1 N–H and O–H groups in total. The van der Waals surface area contributed by atoms with E-state index in [9.17, 15) is 4.79 Å². The molecule has 0 spiro atoms. The van der Waals surface area contributed by atoms with E-state index in [4.69, 9.17) is 19.7 Å². The van der Waals surface area contributed by atoms with Crippen LogP contribution in [0.3, 0.4) is 0 Å². The SMILES string of the molecule is COc1ccc(OCCN(C)C(=O)c2csc(Nc3cccc(C4CCN(CC#N)CC4)n3)n2)cc1. The number of likely N-dealkylation sites (N-methyl/N-ethyl adjacent to an activating group) is 1. The van der Waals surface area contributed by atoms with Gasteiger partial charge in [0.1, 0.15) is 29.6 Å². The van der Waals surface area contributed by atoms with Gasteiger partial charge in [-0.2, -0.15) is 5.26 Å². The molecule has 1 aliphatic heterocycles. The van der Waals surface area contributed by atoms with E-state index in [1.165, 1.54) is 11.3 Å². The number of amides is 1. The van der Waals surface area contributed by atoms with Gasteiger partial charge in [0.15, 0.2) is 5.13 Å². The predicted molar refractivity (Wildman–Crippen MR) is 139 cm³/mol. The highest BCUT2D eigenvalue weighted by Gasteiger charge is 2.22. The maximum absolute atomic E-state index is 12.8. The van der Waals surface area contributed by atoms with Crippen LogP contribution < -0.4 is 14.8 Å². The highest BCUT2D eigenvalue weighted by molar-refractivity contribution is 7.14. The molecule has 36 heavy (non-hydrogen) atoms. The number of methoxy groups -OCH3 is 1. The van der Waals surface area contributed by atoms with Gasteiger partial charge in [-0.3, -0.25) is 9.69 Å². The van der Waals surface area contributed by atoms with Crippen LogP contribution in [-0.4, -0.2) is 72.6 Å². The van der Waals surface area contributed by atoms with Crippen molar-refractivity contribution in [2.45, 2.75) is 18.8 Å².